The SMILES string of the molecule is Cc1cc(C)cc(-c2nc(-c3cccc(NC(=O)NCC(C)C)c3)no2)c1. The van der Waals surface area contributed by atoms with Gasteiger partial charge in [0.15, 0.2) is 0 Å². The van der Waals surface area contributed by atoms with Crippen LogP contribution in [0, 0.1) is 19.8 Å². The van der Waals surface area contributed by atoms with E-state index in [1.165, 1.54) is 0 Å². The Balaban J connectivity index is 1.77. The molecule has 0 aliphatic rings. The minimum Gasteiger partial charge on any atom is -0.338 e. The Morgan fingerprint density at radius 2 is 1.81 bits per heavy atom. The van der Waals surface area contributed by atoms with Crippen molar-refractivity contribution in [2.24, 2.45) is 5.92 Å². The number of aromatic nitrogens is 2. The Bertz CT molecular complexity index is 927. The number of carbonyl (C=O) groups excluding carboxylic acids is 1. The predicted octanol–water partition coefficient (Wildman–Crippen LogP) is 4.80. The summed E-state index contributed by atoms with van der Waals surface area (Å²) in [4.78, 5) is 16.5. The topological polar surface area (TPSA) is 80.0 Å². The van der Waals surface area contributed by atoms with Gasteiger partial charge in [-0.05, 0) is 44.0 Å². The fourth-order valence-corrected chi connectivity index (χ4v) is 2.76. The second kappa shape index (κ2) is 8.03. The molecule has 140 valence electrons. The van der Waals surface area contributed by atoms with E-state index in [2.05, 4.69) is 26.8 Å². The maximum atomic E-state index is 11.9. The number of nitrogens with zero attached hydrogens (tertiary/aromatic N) is 2. The maximum Gasteiger partial charge on any atom is 0.319 e. The molecular formula is C21H24N4O2. The van der Waals surface area contributed by atoms with Crippen LogP contribution < -0.4 is 10.6 Å². The van der Waals surface area contributed by atoms with Crippen molar-refractivity contribution in [2.45, 2.75) is 27.7 Å². The van der Waals surface area contributed by atoms with E-state index in [-0.39, 0.29) is 6.03 Å². The van der Waals surface area contributed by atoms with Gasteiger partial charge in [0.25, 0.3) is 5.89 Å². The summed E-state index contributed by atoms with van der Waals surface area (Å²) in [7, 11) is 0. The van der Waals surface area contributed by atoms with E-state index in [0.29, 0.717) is 29.9 Å². The van der Waals surface area contributed by atoms with Gasteiger partial charge >= 0.3 is 6.03 Å². The van der Waals surface area contributed by atoms with Crippen molar-refractivity contribution < 1.29 is 9.32 Å². The van der Waals surface area contributed by atoms with Crippen molar-refractivity contribution >= 4 is 11.7 Å². The van der Waals surface area contributed by atoms with Crippen LogP contribution >= 0.6 is 0 Å². The van der Waals surface area contributed by atoms with Gasteiger partial charge in [0.2, 0.25) is 5.82 Å². The first-order valence-electron chi connectivity index (χ1n) is 8.98. The van der Waals surface area contributed by atoms with Crippen LogP contribution in [-0.4, -0.2) is 22.7 Å². The number of aryl methyl sites for hydroxylation is 2. The molecule has 3 rings (SSSR count). The molecule has 2 amide bonds. The normalized spacial score (nSPS) is 10.9. The van der Waals surface area contributed by atoms with E-state index in [9.17, 15) is 4.79 Å². The summed E-state index contributed by atoms with van der Waals surface area (Å²) in [5, 5.41) is 9.74. The van der Waals surface area contributed by atoms with Crippen molar-refractivity contribution in [1.29, 1.82) is 0 Å². The van der Waals surface area contributed by atoms with Crippen LogP contribution in [0.25, 0.3) is 22.8 Å². The number of nitrogens with one attached hydrogen (secondary N) is 2. The summed E-state index contributed by atoms with van der Waals surface area (Å²) in [6.07, 6.45) is 0. The summed E-state index contributed by atoms with van der Waals surface area (Å²) in [6.45, 7) is 8.78. The molecule has 1 heterocycles. The molecule has 0 atom stereocenters. The molecule has 3 aromatic rings. The summed E-state index contributed by atoms with van der Waals surface area (Å²) in [5.74, 6) is 1.35. The second-order valence-corrected chi connectivity index (χ2v) is 7.11. The lowest BCUT2D eigenvalue weighted by Crippen LogP contribution is -2.31. The Morgan fingerprint density at radius 1 is 1.07 bits per heavy atom. The van der Waals surface area contributed by atoms with Crippen molar-refractivity contribution in [3.63, 3.8) is 0 Å². The third kappa shape index (κ3) is 4.94. The molecule has 0 spiro atoms. The van der Waals surface area contributed by atoms with Crippen LogP contribution in [0.5, 0.6) is 0 Å². The molecule has 1 aromatic heterocycles. The number of rotatable bonds is 5. The number of hydrogen-bond donors (Lipinski definition) is 2. The minimum atomic E-state index is -0.232. The average Bonchev–Trinajstić information content (AvgIpc) is 3.10. The number of amides is 2. The molecule has 0 saturated carbocycles. The molecule has 2 aromatic carbocycles. The molecule has 0 bridgehead atoms. The summed E-state index contributed by atoms with van der Waals surface area (Å²) >= 11 is 0. The van der Waals surface area contributed by atoms with Crippen LogP contribution in [0.15, 0.2) is 47.0 Å². The number of benzene rings is 2. The zero-order chi connectivity index (χ0) is 19.4. The van der Waals surface area contributed by atoms with Gasteiger partial charge in [-0.25, -0.2) is 4.79 Å². The van der Waals surface area contributed by atoms with Crippen molar-refractivity contribution in [1.82, 2.24) is 15.5 Å². The van der Waals surface area contributed by atoms with E-state index >= 15 is 0 Å². The second-order valence-electron chi connectivity index (χ2n) is 7.11. The average molecular weight is 364 g/mol. The molecule has 0 saturated heterocycles. The molecule has 0 unspecified atom stereocenters. The Kier molecular flexibility index (Phi) is 5.54. The smallest absolute Gasteiger partial charge is 0.319 e. The van der Waals surface area contributed by atoms with Crippen molar-refractivity contribution in [2.75, 3.05) is 11.9 Å². The standard InChI is InChI=1S/C21H24N4O2/c1-13(2)12-22-21(26)23-18-7-5-6-16(11-18)19-24-20(27-25-19)17-9-14(3)8-15(4)10-17/h5-11,13H,12H2,1-4H3,(H2,22,23,26). The third-order valence-electron chi connectivity index (χ3n) is 3.94. The first-order valence-corrected chi connectivity index (χ1v) is 8.98. The van der Waals surface area contributed by atoms with Crippen molar-refractivity contribution in [3.8, 4) is 22.8 Å². The molecule has 2 N–H and O–H groups in total. The highest BCUT2D eigenvalue weighted by Crippen LogP contribution is 2.25. The first kappa shape index (κ1) is 18.6. The fraction of sp³-hybridized carbons (Fsp3) is 0.286. The van der Waals surface area contributed by atoms with Gasteiger partial charge < -0.3 is 15.2 Å². The molecule has 0 aliphatic carbocycles. The minimum absolute atomic E-state index is 0.232. The lowest BCUT2D eigenvalue weighted by atomic mass is 10.1. The molecule has 0 radical (unpaired) electrons. The zero-order valence-electron chi connectivity index (χ0n) is 16.0. The fourth-order valence-electron chi connectivity index (χ4n) is 2.76. The summed E-state index contributed by atoms with van der Waals surface area (Å²) in [5.41, 5.74) is 4.63. The lowest BCUT2D eigenvalue weighted by molar-refractivity contribution is 0.251. The van der Waals surface area contributed by atoms with E-state index in [1.807, 2.05) is 64.1 Å². The molecule has 6 nitrogen and oxygen atoms in total. The highest BCUT2D eigenvalue weighted by molar-refractivity contribution is 5.89. The number of anilines is 1. The van der Waals surface area contributed by atoms with Crippen LogP contribution in [-0.2, 0) is 0 Å². The maximum absolute atomic E-state index is 11.9. The highest BCUT2D eigenvalue weighted by Gasteiger charge is 2.12. The lowest BCUT2D eigenvalue weighted by Gasteiger charge is -2.09. The van der Waals surface area contributed by atoms with Crippen molar-refractivity contribution in [3.05, 3.63) is 53.6 Å². The molecule has 0 fully saturated rings. The van der Waals surface area contributed by atoms with Gasteiger partial charge in [-0.3, -0.25) is 0 Å². The largest absolute Gasteiger partial charge is 0.338 e. The van der Waals surface area contributed by atoms with E-state index < -0.39 is 0 Å². The Morgan fingerprint density at radius 3 is 2.52 bits per heavy atom. The number of hydrogen-bond acceptors (Lipinski definition) is 4. The summed E-state index contributed by atoms with van der Waals surface area (Å²) < 4.78 is 5.44. The van der Waals surface area contributed by atoms with Crippen LogP contribution in [0.2, 0.25) is 0 Å². The van der Waals surface area contributed by atoms with Gasteiger partial charge in [-0.2, -0.15) is 4.98 Å². The Hall–Kier alpha value is -3.15. The monoisotopic (exact) mass is 364 g/mol. The van der Waals surface area contributed by atoms with Gasteiger partial charge in [0.1, 0.15) is 0 Å². The molecule has 0 aliphatic heterocycles. The number of carbonyl (C=O) groups is 1. The third-order valence-corrected chi connectivity index (χ3v) is 3.94. The van der Waals surface area contributed by atoms with Crippen LogP contribution in [0.1, 0.15) is 25.0 Å². The Labute approximate surface area is 159 Å². The van der Waals surface area contributed by atoms with Gasteiger partial charge in [-0.15, -0.1) is 0 Å². The van der Waals surface area contributed by atoms with E-state index in [4.69, 9.17) is 4.52 Å². The first-order chi connectivity index (χ1) is 12.9. The quantitative estimate of drug-likeness (QED) is 0.681. The summed E-state index contributed by atoms with van der Waals surface area (Å²) in [6, 6.07) is 13.3. The highest BCUT2D eigenvalue weighted by atomic mass is 16.5. The predicted molar refractivity (Wildman–Crippen MR) is 107 cm³/mol. The van der Waals surface area contributed by atoms with Gasteiger partial charge in [0.05, 0.1) is 0 Å². The van der Waals surface area contributed by atoms with Gasteiger partial charge in [-0.1, -0.05) is 48.3 Å². The molecule has 27 heavy (non-hydrogen) atoms. The van der Waals surface area contributed by atoms with Crippen LogP contribution in [0.3, 0.4) is 0 Å². The number of urea groups is 1. The molecular weight excluding hydrogens is 340 g/mol. The molecule has 6 heteroatoms. The van der Waals surface area contributed by atoms with E-state index in [0.717, 1.165) is 22.3 Å². The van der Waals surface area contributed by atoms with E-state index in [1.54, 1.807) is 0 Å². The van der Waals surface area contributed by atoms with Gasteiger partial charge in [0, 0.05) is 23.4 Å². The zero-order valence-corrected chi connectivity index (χ0v) is 16.0. The van der Waals surface area contributed by atoms with Crippen LogP contribution in [0.4, 0.5) is 10.5 Å².